The molecule has 2 N–H and O–H groups in total. The number of hydrogen-bond donors (Lipinski definition) is 2. The van der Waals surface area contributed by atoms with E-state index in [0.29, 0.717) is 23.3 Å². The van der Waals surface area contributed by atoms with Gasteiger partial charge in [0.25, 0.3) is 12.1 Å². The molecule has 1 amide bonds. The SMILES string of the molecule is CC(C)(C)[C@@H](NC(=O)c1nn(-c2c[n+](O)ccn2)c2c1C[C@@H]1C[C@H]21)c1ccccn1. The molecule has 0 spiro atoms. The molecule has 0 unspecified atom stereocenters. The van der Waals surface area contributed by atoms with Crippen molar-refractivity contribution in [3.63, 3.8) is 0 Å². The molecule has 0 radical (unpaired) electrons. The summed E-state index contributed by atoms with van der Waals surface area (Å²) in [5, 5.41) is 17.6. The number of hydrogen-bond acceptors (Lipinski definition) is 5. The third kappa shape index (κ3) is 3.12. The van der Waals surface area contributed by atoms with Crippen LogP contribution in [0.15, 0.2) is 43.0 Å². The zero-order valence-electron chi connectivity index (χ0n) is 17.3. The van der Waals surface area contributed by atoms with E-state index < -0.39 is 0 Å². The molecule has 3 heterocycles. The van der Waals surface area contributed by atoms with Gasteiger partial charge in [0.1, 0.15) is 0 Å². The van der Waals surface area contributed by atoms with Crippen LogP contribution in [0.3, 0.4) is 0 Å². The van der Waals surface area contributed by atoms with Crippen molar-refractivity contribution in [1.29, 1.82) is 0 Å². The Hall–Kier alpha value is -3.29. The average Bonchev–Trinajstić information content (AvgIpc) is 3.21. The smallest absolute Gasteiger partial charge is 0.272 e. The fourth-order valence-corrected chi connectivity index (χ4v) is 4.44. The largest absolute Gasteiger partial charge is 0.342 e. The molecule has 154 valence electrons. The maximum absolute atomic E-state index is 13.4. The third-order valence-corrected chi connectivity index (χ3v) is 5.99. The summed E-state index contributed by atoms with van der Waals surface area (Å²) in [6.45, 7) is 6.25. The Balaban J connectivity index is 1.52. The Bertz CT molecular complexity index is 1120. The van der Waals surface area contributed by atoms with E-state index in [4.69, 9.17) is 0 Å². The molecule has 3 aromatic rings. The number of fused-ring (bicyclic) bond motifs is 3. The normalized spacial score (nSPS) is 20.4. The van der Waals surface area contributed by atoms with E-state index in [9.17, 15) is 10.0 Å². The van der Waals surface area contributed by atoms with Crippen LogP contribution in [-0.4, -0.2) is 30.9 Å². The van der Waals surface area contributed by atoms with E-state index in [1.807, 2.05) is 18.2 Å². The zero-order valence-corrected chi connectivity index (χ0v) is 17.3. The molecule has 0 aromatic carbocycles. The Kier molecular flexibility index (Phi) is 4.13. The minimum Gasteiger partial charge on any atom is -0.342 e. The second kappa shape index (κ2) is 6.62. The fraction of sp³-hybridized carbons (Fsp3) is 0.409. The van der Waals surface area contributed by atoms with Crippen LogP contribution in [0.5, 0.6) is 0 Å². The van der Waals surface area contributed by atoms with Gasteiger partial charge in [0, 0.05) is 22.4 Å². The van der Waals surface area contributed by atoms with Gasteiger partial charge < -0.3 is 5.32 Å². The van der Waals surface area contributed by atoms with Crippen molar-refractivity contribution in [2.45, 2.75) is 45.6 Å². The van der Waals surface area contributed by atoms with E-state index >= 15 is 0 Å². The highest BCUT2D eigenvalue weighted by Crippen LogP contribution is 2.57. The molecular formula is C22H25N6O2+. The summed E-state index contributed by atoms with van der Waals surface area (Å²) in [5.74, 6) is 1.29. The van der Waals surface area contributed by atoms with Crippen molar-refractivity contribution in [1.82, 2.24) is 25.1 Å². The van der Waals surface area contributed by atoms with Crippen LogP contribution in [0.4, 0.5) is 0 Å². The number of aromatic nitrogens is 5. The highest BCUT2D eigenvalue weighted by atomic mass is 16.5. The van der Waals surface area contributed by atoms with Gasteiger partial charge in [-0.2, -0.15) is 5.10 Å². The van der Waals surface area contributed by atoms with Gasteiger partial charge in [-0.1, -0.05) is 26.8 Å². The molecule has 5 rings (SSSR count). The van der Waals surface area contributed by atoms with Crippen molar-refractivity contribution in [2.24, 2.45) is 11.3 Å². The minimum absolute atomic E-state index is 0.204. The Labute approximate surface area is 174 Å². The zero-order chi connectivity index (χ0) is 21.0. The maximum Gasteiger partial charge on any atom is 0.272 e. The molecule has 0 bridgehead atoms. The van der Waals surface area contributed by atoms with E-state index in [1.165, 1.54) is 18.6 Å². The van der Waals surface area contributed by atoms with Gasteiger partial charge in [0.15, 0.2) is 5.69 Å². The highest BCUT2D eigenvalue weighted by Gasteiger charge is 2.50. The first-order valence-electron chi connectivity index (χ1n) is 10.2. The minimum atomic E-state index is -0.252. The number of rotatable bonds is 4. The standard InChI is InChI=1S/C22H24N6O2/c1-22(2,3)20(16-6-4-5-7-23-16)25-21(29)18-15-11-13-10-14(13)19(15)28(26-18)17-12-27(30)9-8-24-17/h4-9,12-14,20H,10-11H2,1-3H3,(H-,24,25,29,30)/p+1/t13-,14-,20-/m0/s1. The summed E-state index contributed by atoms with van der Waals surface area (Å²) in [4.78, 5) is 22.2. The van der Waals surface area contributed by atoms with Crippen molar-refractivity contribution in [2.75, 3.05) is 0 Å². The van der Waals surface area contributed by atoms with E-state index in [1.54, 1.807) is 10.9 Å². The first-order chi connectivity index (χ1) is 14.3. The van der Waals surface area contributed by atoms with Crippen LogP contribution >= 0.6 is 0 Å². The number of carbonyl (C=O) groups is 1. The van der Waals surface area contributed by atoms with Crippen LogP contribution in [0, 0.1) is 11.3 Å². The highest BCUT2D eigenvalue weighted by molar-refractivity contribution is 5.94. The van der Waals surface area contributed by atoms with E-state index in [0.717, 1.165) is 34.5 Å². The monoisotopic (exact) mass is 405 g/mol. The van der Waals surface area contributed by atoms with Gasteiger partial charge in [-0.15, -0.1) is 0 Å². The second-order valence-corrected chi connectivity index (χ2v) is 9.25. The Morgan fingerprint density at radius 3 is 2.83 bits per heavy atom. The summed E-state index contributed by atoms with van der Waals surface area (Å²) < 4.78 is 2.67. The number of amides is 1. The van der Waals surface area contributed by atoms with Crippen molar-refractivity contribution in [3.05, 3.63) is 65.6 Å². The first-order valence-corrected chi connectivity index (χ1v) is 10.2. The molecule has 2 aliphatic carbocycles. The van der Waals surface area contributed by atoms with Crippen molar-refractivity contribution < 1.29 is 14.7 Å². The number of carbonyl (C=O) groups excluding carboxylic acids is 1. The lowest BCUT2D eigenvalue weighted by Gasteiger charge is -2.30. The molecule has 3 aromatic heterocycles. The lowest BCUT2D eigenvalue weighted by Crippen LogP contribution is -2.37. The second-order valence-electron chi connectivity index (χ2n) is 9.25. The molecule has 8 heteroatoms. The van der Waals surface area contributed by atoms with Crippen LogP contribution in [0.2, 0.25) is 0 Å². The molecule has 1 fully saturated rings. The molecule has 2 aliphatic rings. The summed E-state index contributed by atoms with van der Waals surface area (Å²) in [6, 6.07) is 5.48. The summed E-state index contributed by atoms with van der Waals surface area (Å²) in [7, 11) is 0. The molecule has 1 saturated carbocycles. The lowest BCUT2D eigenvalue weighted by molar-refractivity contribution is -0.904. The average molecular weight is 405 g/mol. The molecule has 0 aliphatic heterocycles. The molecule has 8 nitrogen and oxygen atoms in total. The summed E-state index contributed by atoms with van der Waals surface area (Å²) >= 11 is 0. The van der Waals surface area contributed by atoms with E-state index in [2.05, 4.69) is 41.2 Å². The Morgan fingerprint density at radius 2 is 2.13 bits per heavy atom. The fourth-order valence-electron chi connectivity index (χ4n) is 4.44. The van der Waals surface area contributed by atoms with Gasteiger partial charge in [-0.25, -0.2) is 9.67 Å². The summed E-state index contributed by atoms with van der Waals surface area (Å²) in [6.07, 6.45) is 8.17. The van der Waals surface area contributed by atoms with Crippen LogP contribution in [0.1, 0.15) is 66.6 Å². The van der Waals surface area contributed by atoms with Crippen molar-refractivity contribution in [3.8, 4) is 5.82 Å². The van der Waals surface area contributed by atoms with Gasteiger partial charge >= 0.3 is 0 Å². The molecule has 30 heavy (non-hydrogen) atoms. The summed E-state index contributed by atoms with van der Waals surface area (Å²) in [5.41, 5.74) is 3.09. The van der Waals surface area contributed by atoms with Crippen molar-refractivity contribution >= 4 is 5.91 Å². The molecule has 0 saturated heterocycles. The number of pyridine rings is 1. The maximum atomic E-state index is 13.4. The van der Waals surface area contributed by atoms with Gasteiger partial charge in [0.05, 0.1) is 23.6 Å². The first kappa shape index (κ1) is 18.7. The van der Waals surface area contributed by atoms with Crippen LogP contribution in [0.25, 0.3) is 5.82 Å². The van der Waals surface area contributed by atoms with Gasteiger partial charge in [-0.05, 0) is 36.3 Å². The van der Waals surface area contributed by atoms with Crippen LogP contribution in [-0.2, 0) is 6.42 Å². The van der Waals surface area contributed by atoms with Crippen LogP contribution < -0.4 is 10.0 Å². The number of nitrogens with zero attached hydrogens (tertiary/aromatic N) is 5. The van der Waals surface area contributed by atoms with Gasteiger partial charge in [-0.3, -0.25) is 15.0 Å². The number of nitrogens with one attached hydrogen (secondary N) is 1. The predicted molar refractivity (Wildman–Crippen MR) is 107 cm³/mol. The molecule has 3 atom stereocenters. The molecular weight excluding hydrogens is 380 g/mol. The third-order valence-electron chi connectivity index (χ3n) is 5.99. The van der Waals surface area contributed by atoms with E-state index in [-0.39, 0.29) is 17.4 Å². The lowest BCUT2D eigenvalue weighted by atomic mass is 9.84. The topological polar surface area (TPSA) is 96.8 Å². The predicted octanol–water partition coefficient (Wildman–Crippen LogP) is 2.36. The quantitative estimate of drug-likeness (QED) is 0.513. The Morgan fingerprint density at radius 1 is 1.30 bits per heavy atom. The van der Waals surface area contributed by atoms with Gasteiger partial charge in [0.2, 0.25) is 12.0 Å².